The van der Waals surface area contributed by atoms with Gasteiger partial charge < -0.3 is 20.1 Å². The number of anilines is 1. The summed E-state index contributed by atoms with van der Waals surface area (Å²) < 4.78 is 10.6. The number of carbonyl (C=O) groups excluding carboxylic acids is 5. The fourth-order valence-electron chi connectivity index (χ4n) is 3.70. The van der Waals surface area contributed by atoms with Crippen LogP contribution in [-0.4, -0.2) is 72.6 Å². The average Bonchev–Trinajstić information content (AvgIpc) is 3.00. The minimum Gasteiger partial charge on any atom is -0.444 e. The number of rotatable bonds is 9. The number of ether oxygens (including phenoxy) is 2. The number of hydrogen-bond acceptors (Lipinski definition) is 8. The first-order valence-electron chi connectivity index (χ1n) is 11.2. The van der Waals surface area contributed by atoms with Gasteiger partial charge in [-0.05, 0) is 45.7 Å². The summed E-state index contributed by atoms with van der Waals surface area (Å²) in [6.45, 7) is 6.91. The number of fused-ring (bicyclic) bond motifs is 1. The van der Waals surface area contributed by atoms with E-state index in [0.717, 1.165) is 4.90 Å². The summed E-state index contributed by atoms with van der Waals surface area (Å²) in [4.78, 5) is 62.0. The Morgan fingerprint density at radius 1 is 1.12 bits per heavy atom. The molecule has 34 heavy (non-hydrogen) atoms. The lowest BCUT2D eigenvalue weighted by molar-refractivity contribution is -0.136. The van der Waals surface area contributed by atoms with Gasteiger partial charge in [-0.15, -0.1) is 0 Å². The van der Waals surface area contributed by atoms with Crippen molar-refractivity contribution < 1.29 is 33.4 Å². The van der Waals surface area contributed by atoms with Gasteiger partial charge in [0.15, 0.2) is 0 Å². The van der Waals surface area contributed by atoms with Gasteiger partial charge in [-0.25, -0.2) is 4.79 Å². The zero-order chi connectivity index (χ0) is 24.9. The fraction of sp³-hybridized carbons (Fsp3) is 0.522. The molecule has 0 radical (unpaired) electrons. The maximum absolute atomic E-state index is 13.0. The number of hydrogen-bond donors (Lipinski definition) is 3. The third-order valence-electron chi connectivity index (χ3n) is 5.16. The summed E-state index contributed by atoms with van der Waals surface area (Å²) in [5, 5.41) is 7.94. The van der Waals surface area contributed by atoms with Crippen molar-refractivity contribution in [1.82, 2.24) is 15.5 Å². The summed E-state index contributed by atoms with van der Waals surface area (Å²) >= 11 is 0. The van der Waals surface area contributed by atoms with Crippen molar-refractivity contribution in [2.75, 3.05) is 31.6 Å². The van der Waals surface area contributed by atoms with Crippen LogP contribution in [-0.2, 0) is 19.1 Å². The topological polar surface area (TPSA) is 143 Å². The van der Waals surface area contributed by atoms with Crippen LogP contribution in [0.3, 0.4) is 0 Å². The third kappa shape index (κ3) is 6.10. The molecule has 0 bridgehead atoms. The van der Waals surface area contributed by atoms with Crippen molar-refractivity contribution in [1.29, 1.82) is 0 Å². The Morgan fingerprint density at radius 2 is 1.88 bits per heavy atom. The minimum atomic E-state index is -0.999. The van der Waals surface area contributed by atoms with Gasteiger partial charge in [0.25, 0.3) is 11.8 Å². The molecule has 1 fully saturated rings. The van der Waals surface area contributed by atoms with Crippen LogP contribution >= 0.6 is 0 Å². The monoisotopic (exact) mass is 474 g/mol. The van der Waals surface area contributed by atoms with E-state index < -0.39 is 41.4 Å². The molecule has 5 amide bonds. The molecule has 11 nitrogen and oxygen atoms in total. The van der Waals surface area contributed by atoms with Crippen LogP contribution in [0.4, 0.5) is 10.5 Å². The van der Waals surface area contributed by atoms with Crippen molar-refractivity contribution in [2.45, 2.75) is 51.7 Å². The molecule has 1 atom stereocenters. The average molecular weight is 475 g/mol. The summed E-state index contributed by atoms with van der Waals surface area (Å²) in [5.74, 6) is -2.15. The largest absolute Gasteiger partial charge is 0.444 e. The smallest absolute Gasteiger partial charge is 0.407 e. The predicted octanol–water partition coefficient (Wildman–Crippen LogP) is 1.43. The molecule has 0 aliphatic carbocycles. The van der Waals surface area contributed by atoms with E-state index in [9.17, 15) is 24.0 Å². The molecule has 2 aliphatic rings. The highest BCUT2D eigenvalue weighted by Gasteiger charge is 2.45. The fourth-order valence-corrected chi connectivity index (χ4v) is 3.70. The normalized spacial score (nSPS) is 18.0. The Balaban J connectivity index is 1.46. The number of alkyl carbamates (subject to hydrolysis) is 1. The number of imide groups is 2. The zero-order valence-corrected chi connectivity index (χ0v) is 19.6. The Morgan fingerprint density at radius 3 is 2.59 bits per heavy atom. The van der Waals surface area contributed by atoms with E-state index in [1.165, 1.54) is 0 Å². The van der Waals surface area contributed by atoms with Crippen molar-refractivity contribution in [3.8, 4) is 0 Å². The summed E-state index contributed by atoms with van der Waals surface area (Å²) in [7, 11) is 0. The van der Waals surface area contributed by atoms with Gasteiger partial charge in [-0.3, -0.25) is 29.4 Å². The molecule has 0 saturated carbocycles. The quantitative estimate of drug-likeness (QED) is 0.360. The first kappa shape index (κ1) is 25.2. The molecule has 1 saturated heterocycles. The number of benzene rings is 1. The number of nitrogens with zero attached hydrogens (tertiary/aromatic N) is 1. The Hall–Kier alpha value is -3.47. The van der Waals surface area contributed by atoms with E-state index in [-0.39, 0.29) is 24.0 Å². The maximum atomic E-state index is 13.0. The van der Waals surface area contributed by atoms with E-state index in [4.69, 9.17) is 9.47 Å². The lowest BCUT2D eigenvalue weighted by Gasteiger charge is -2.27. The van der Waals surface area contributed by atoms with Gasteiger partial charge in [0.2, 0.25) is 11.8 Å². The number of amides is 5. The van der Waals surface area contributed by atoms with Gasteiger partial charge >= 0.3 is 6.09 Å². The van der Waals surface area contributed by atoms with Crippen LogP contribution in [0.1, 0.15) is 60.7 Å². The van der Waals surface area contributed by atoms with Crippen LogP contribution in [0.5, 0.6) is 0 Å². The summed E-state index contributed by atoms with van der Waals surface area (Å²) in [6, 6.07) is 3.91. The molecule has 1 unspecified atom stereocenters. The highest BCUT2D eigenvalue weighted by Crippen LogP contribution is 2.32. The number of carbonyl (C=O) groups is 5. The van der Waals surface area contributed by atoms with Gasteiger partial charge in [0, 0.05) is 31.8 Å². The van der Waals surface area contributed by atoms with Crippen molar-refractivity contribution in [2.24, 2.45) is 0 Å². The van der Waals surface area contributed by atoms with E-state index in [0.29, 0.717) is 38.4 Å². The second-order valence-electron chi connectivity index (χ2n) is 9.00. The lowest BCUT2D eigenvalue weighted by Crippen LogP contribution is -2.54. The molecule has 184 valence electrons. The van der Waals surface area contributed by atoms with Crippen LogP contribution in [0, 0.1) is 0 Å². The summed E-state index contributed by atoms with van der Waals surface area (Å²) in [5.41, 5.74) is 0.389. The molecule has 3 rings (SSSR count). The van der Waals surface area contributed by atoms with Gasteiger partial charge in [-0.1, -0.05) is 6.07 Å². The van der Waals surface area contributed by atoms with Gasteiger partial charge in [0.1, 0.15) is 11.6 Å². The molecule has 2 aliphatic heterocycles. The van der Waals surface area contributed by atoms with Crippen LogP contribution in [0.25, 0.3) is 0 Å². The van der Waals surface area contributed by atoms with Crippen molar-refractivity contribution >= 4 is 35.4 Å². The first-order chi connectivity index (χ1) is 16.1. The van der Waals surface area contributed by atoms with Crippen molar-refractivity contribution in [3.63, 3.8) is 0 Å². The molecule has 1 aromatic carbocycles. The second-order valence-corrected chi connectivity index (χ2v) is 9.00. The summed E-state index contributed by atoms with van der Waals surface area (Å²) in [6.07, 6.45) is 0.303. The first-order valence-corrected chi connectivity index (χ1v) is 11.2. The standard InChI is InChI=1S/C23H30N4O7/c1-23(2,3)34-22(32)25-11-13-33-12-5-10-24-15-7-4-6-14-18(15)21(31)27(20(14)30)16-8-9-17(28)26-19(16)29/h4,6-7,16,24H,5,8-13H2,1-3H3,(H,25,32)(H,26,28,29). The molecule has 11 heteroatoms. The molecular weight excluding hydrogens is 444 g/mol. The SMILES string of the molecule is CC(C)(C)OC(=O)NCCOCCCNc1cccc2c1C(=O)N(C1CCC(=O)NC1=O)C2=O. The van der Waals surface area contributed by atoms with Gasteiger partial charge in [0.05, 0.1) is 17.7 Å². The minimum absolute atomic E-state index is 0.0716. The van der Waals surface area contributed by atoms with Gasteiger partial charge in [-0.2, -0.15) is 0 Å². The highest BCUT2D eigenvalue weighted by atomic mass is 16.6. The predicted molar refractivity (Wildman–Crippen MR) is 121 cm³/mol. The third-order valence-corrected chi connectivity index (χ3v) is 5.16. The molecular formula is C23H30N4O7. The van der Waals surface area contributed by atoms with Crippen LogP contribution < -0.4 is 16.0 Å². The zero-order valence-electron chi connectivity index (χ0n) is 19.6. The maximum Gasteiger partial charge on any atom is 0.407 e. The molecule has 0 aromatic heterocycles. The van der Waals surface area contributed by atoms with E-state index >= 15 is 0 Å². The van der Waals surface area contributed by atoms with Crippen LogP contribution in [0.2, 0.25) is 0 Å². The molecule has 2 heterocycles. The van der Waals surface area contributed by atoms with Crippen LogP contribution in [0.15, 0.2) is 18.2 Å². The van der Waals surface area contributed by atoms with E-state index in [1.807, 2.05) is 0 Å². The number of nitrogens with one attached hydrogen (secondary N) is 3. The highest BCUT2D eigenvalue weighted by molar-refractivity contribution is 6.25. The molecule has 3 N–H and O–H groups in total. The van der Waals surface area contributed by atoms with E-state index in [2.05, 4.69) is 16.0 Å². The van der Waals surface area contributed by atoms with E-state index in [1.54, 1.807) is 39.0 Å². The Kier molecular flexibility index (Phi) is 7.87. The number of piperidine rings is 1. The Bertz CT molecular complexity index is 986. The molecule has 1 aromatic rings. The second kappa shape index (κ2) is 10.6. The Labute approximate surface area is 197 Å². The lowest BCUT2D eigenvalue weighted by atomic mass is 10.0. The molecule has 0 spiro atoms. The van der Waals surface area contributed by atoms with Crippen molar-refractivity contribution in [3.05, 3.63) is 29.3 Å².